The maximum absolute atomic E-state index is 11.8. The average molecular weight is 229 g/mol. The lowest BCUT2D eigenvalue weighted by molar-refractivity contribution is -0.145. The smallest absolute Gasteiger partial charge is 0.328 e. The minimum Gasteiger partial charge on any atom is -0.467 e. The Hall–Kier alpha value is -1.06. The second kappa shape index (κ2) is 8.13. The van der Waals surface area contributed by atoms with Crippen molar-refractivity contribution >= 4 is 11.9 Å². The zero-order valence-electron chi connectivity index (χ0n) is 10.7. The maximum Gasteiger partial charge on any atom is 0.328 e. The van der Waals surface area contributed by atoms with E-state index in [1.807, 2.05) is 6.92 Å². The number of unbranched alkanes of at least 4 members (excludes halogenated alkanes) is 1. The molecule has 0 heterocycles. The Bertz CT molecular complexity index is 228. The van der Waals surface area contributed by atoms with E-state index >= 15 is 0 Å². The van der Waals surface area contributed by atoms with E-state index in [-0.39, 0.29) is 11.8 Å². The first-order valence-corrected chi connectivity index (χ1v) is 5.94. The number of methoxy groups -OCH3 is 1. The van der Waals surface area contributed by atoms with E-state index in [4.69, 9.17) is 0 Å². The first-order valence-electron chi connectivity index (χ1n) is 5.94. The molecule has 1 N–H and O–H groups in total. The van der Waals surface area contributed by atoms with Gasteiger partial charge in [-0.1, -0.05) is 26.7 Å². The van der Waals surface area contributed by atoms with Crippen molar-refractivity contribution in [2.45, 2.75) is 52.5 Å². The van der Waals surface area contributed by atoms with Crippen LogP contribution < -0.4 is 5.32 Å². The minimum absolute atomic E-state index is 0.00653. The number of hydrogen-bond acceptors (Lipinski definition) is 3. The van der Waals surface area contributed by atoms with Gasteiger partial charge < -0.3 is 10.1 Å². The predicted molar refractivity (Wildman–Crippen MR) is 62.9 cm³/mol. The van der Waals surface area contributed by atoms with Crippen LogP contribution in [0.5, 0.6) is 0 Å². The van der Waals surface area contributed by atoms with E-state index in [0.717, 1.165) is 25.7 Å². The fourth-order valence-corrected chi connectivity index (χ4v) is 1.54. The van der Waals surface area contributed by atoms with Gasteiger partial charge in [0.1, 0.15) is 6.04 Å². The lowest BCUT2D eigenvalue weighted by atomic mass is 9.98. The Kier molecular flexibility index (Phi) is 7.60. The number of carbonyl (C=O) groups is 2. The van der Waals surface area contributed by atoms with Crippen LogP contribution in [0.4, 0.5) is 0 Å². The molecule has 16 heavy (non-hydrogen) atoms. The summed E-state index contributed by atoms with van der Waals surface area (Å²) in [5, 5.41) is 2.68. The third-order valence-corrected chi connectivity index (χ3v) is 2.68. The van der Waals surface area contributed by atoms with Gasteiger partial charge in [-0.2, -0.15) is 0 Å². The second-order valence-electron chi connectivity index (χ2n) is 4.00. The fraction of sp³-hybridized carbons (Fsp3) is 0.833. The number of ether oxygens (including phenoxy) is 1. The van der Waals surface area contributed by atoms with Crippen LogP contribution >= 0.6 is 0 Å². The molecule has 0 bridgehead atoms. The molecule has 2 atom stereocenters. The van der Waals surface area contributed by atoms with Gasteiger partial charge in [-0.25, -0.2) is 4.79 Å². The molecule has 0 aliphatic heterocycles. The minimum atomic E-state index is -0.562. The number of amides is 1. The van der Waals surface area contributed by atoms with E-state index in [1.54, 1.807) is 6.92 Å². The quantitative estimate of drug-likeness (QED) is 0.678. The molecule has 0 radical (unpaired) electrons. The van der Waals surface area contributed by atoms with E-state index in [0.29, 0.717) is 0 Å². The molecule has 0 aliphatic rings. The van der Waals surface area contributed by atoms with Crippen molar-refractivity contribution in [1.29, 1.82) is 0 Å². The van der Waals surface area contributed by atoms with E-state index in [9.17, 15) is 9.59 Å². The molecule has 1 amide bonds. The largest absolute Gasteiger partial charge is 0.467 e. The number of hydrogen-bond donors (Lipinski definition) is 1. The molecule has 0 rings (SSSR count). The molecule has 4 nitrogen and oxygen atoms in total. The Balaban J connectivity index is 4.14. The Morgan fingerprint density at radius 1 is 1.31 bits per heavy atom. The number of esters is 1. The Morgan fingerprint density at radius 2 is 1.94 bits per heavy atom. The zero-order valence-corrected chi connectivity index (χ0v) is 10.7. The van der Waals surface area contributed by atoms with Crippen molar-refractivity contribution < 1.29 is 14.3 Å². The van der Waals surface area contributed by atoms with Crippen LogP contribution in [-0.2, 0) is 14.3 Å². The second-order valence-corrected chi connectivity index (χ2v) is 4.00. The van der Waals surface area contributed by atoms with Crippen LogP contribution in [0.1, 0.15) is 46.5 Å². The summed E-state index contributed by atoms with van der Waals surface area (Å²) in [6.45, 7) is 5.72. The highest BCUT2D eigenvalue weighted by molar-refractivity contribution is 5.85. The third-order valence-electron chi connectivity index (χ3n) is 2.68. The maximum atomic E-state index is 11.8. The van der Waals surface area contributed by atoms with Crippen molar-refractivity contribution in [2.75, 3.05) is 7.11 Å². The van der Waals surface area contributed by atoms with Gasteiger partial charge in [0.2, 0.25) is 5.91 Å². The molecular weight excluding hydrogens is 206 g/mol. The summed E-state index contributed by atoms with van der Waals surface area (Å²) in [4.78, 5) is 22.9. The summed E-state index contributed by atoms with van der Waals surface area (Å²) in [7, 11) is 1.32. The van der Waals surface area contributed by atoms with E-state index < -0.39 is 12.0 Å². The highest BCUT2D eigenvalue weighted by Gasteiger charge is 2.21. The van der Waals surface area contributed by atoms with Gasteiger partial charge in [-0.15, -0.1) is 0 Å². The molecule has 0 fully saturated rings. The van der Waals surface area contributed by atoms with Crippen molar-refractivity contribution in [3.63, 3.8) is 0 Å². The molecule has 0 saturated heterocycles. The number of rotatable bonds is 7. The van der Waals surface area contributed by atoms with E-state index in [1.165, 1.54) is 7.11 Å². The van der Waals surface area contributed by atoms with Crippen molar-refractivity contribution in [2.24, 2.45) is 5.92 Å². The average Bonchev–Trinajstić information content (AvgIpc) is 2.28. The number of carbonyl (C=O) groups excluding carboxylic acids is 2. The summed E-state index contributed by atoms with van der Waals surface area (Å²) in [6.07, 6.45) is 3.81. The summed E-state index contributed by atoms with van der Waals surface area (Å²) >= 11 is 0. The zero-order chi connectivity index (χ0) is 12.6. The molecule has 4 heteroatoms. The molecule has 0 saturated carbocycles. The SMILES string of the molecule is CCCCC(CC)C(=O)NC(C)C(=O)OC. The van der Waals surface area contributed by atoms with Crippen LogP contribution in [0.2, 0.25) is 0 Å². The van der Waals surface area contributed by atoms with Crippen LogP contribution in [-0.4, -0.2) is 25.0 Å². The van der Waals surface area contributed by atoms with Crippen LogP contribution in [0, 0.1) is 5.92 Å². The Morgan fingerprint density at radius 3 is 2.38 bits per heavy atom. The highest BCUT2D eigenvalue weighted by Crippen LogP contribution is 2.12. The van der Waals surface area contributed by atoms with Crippen LogP contribution in [0.25, 0.3) is 0 Å². The normalized spacial score (nSPS) is 14.0. The van der Waals surface area contributed by atoms with Gasteiger partial charge in [-0.3, -0.25) is 4.79 Å². The lowest BCUT2D eigenvalue weighted by Crippen LogP contribution is -2.42. The van der Waals surface area contributed by atoms with Crippen LogP contribution in [0.3, 0.4) is 0 Å². The molecule has 0 spiro atoms. The van der Waals surface area contributed by atoms with Crippen molar-refractivity contribution in [1.82, 2.24) is 5.32 Å². The van der Waals surface area contributed by atoms with Gasteiger partial charge in [-0.05, 0) is 19.8 Å². The van der Waals surface area contributed by atoms with Gasteiger partial charge in [0.05, 0.1) is 7.11 Å². The van der Waals surface area contributed by atoms with Crippen molar-refractivity contribution in [3.05, 3.63) is 0 Å². The monoisotopic (exact) mass is 229 g/mol. The summed E-state index contributed by atoms with van der Waals surface area (Å²) in [5.41, 5.74) is 0. The molecule has 0 aromatic carbocycles. The lowest BCUT2D eigenvalue weighted by Gasteiger charge is -2.17. The van der Waals surface area contributed by atoms with Crippen molar-refractivity contribution in [3.8, 4) is 0 Å². The predicted octanol–water partition coefficient (Wildman–Crippen LogP) is 1.88. The van der Waals surface area contributed by atoms with Gasteiger partial charge in [0.25, 0.3) is 0 Å². The fourth-order valence-electron chi connectivity index (χ4n) is 1.54. The Labute approximate surface area is 97.7 Å². The first-order chi connectivity index (χ1) is 7.56. The number of nitrogens with one attached hydrogen (secondary N) is 1. The molecular formula is C12H23NO3. The van der Waals surface area contributed by atoms with E-state index in [2.05, 4.69) is 17.0 Å². The molecule has 94 valence electrons. The van der Waals surface area contributed by atoms with Gasteiger partial charge in [0.15, 0.2) is 0 Å². The molecule has 2 unspecified atom stereocenters. The third kappa shape index (κ3) is 5.14. The van der Waals surface area contributed by atoms with Gasteiger partial charge in [0, 0.05) is 5.92 Å². The molecule has 0 aliphatic carbocycles. The first kappa shape index (κ1) is 14.9. The van der Waals surface area contributed by atoms with Gasteiger partial charge >= 0.3 is 5.97 Å². The topological polar surface area (TPSA) is 55.4 Å². The standard InChI is InChI=1S/C12H23NO3/c1-5-7-8-10(6-2)11(14)13-9(3)12(15)16-4/h9-10H,5-8H2,1-4H3,(H,13,14). The molecule has 0 aromatic rings. The van der Waals surface area contributed by atoms with Crippen LogP contribution in [0.15, 0.2) is 0 Å². The highest BCUT2D eigenvalue weighted by atomic mass is 16.5. The summed E-state index contributed by atoms with van der Waals surface area (Å²) < 4.78 is 4.55. The molecule has 0 aromatic heterocycles. The summed E-state index contributed by atoms with van der Waals surface area (Å²) in [5.74, 6) is -0.445. The summed E-state index contributed by atoms with van der Waals surface area (Å²) in [6, 6.07) is -0.562.